The summed E-state index contributed by atoms with van der Waals surface area (Å²) in [5, 5.41) is 2.52. The van der Waals surface area contributed by atoms with E-state index in [1.807, 2.05) is 20.8 Å². The van der Waals surface area contributed by atoms with Gasteiger partial charge in [-0.2, -0.15) is 0 Å². The molecular weight excluding hydrogens is 101 g/mol. The summed E-state index contributed by atoms with van der Waals surface area (Å²) < 4.78 is 0. The Kier molecular flexibility index (Phi) is 2.07. The number of nitrogens with one attached hydrogen (secondary N) is 1. The standard InChI is InChI=1S/C5H10BNO/c1-5(2,3)7-4(6)8/h1-3H3,(H,7,8). The summed E-state index contributed by atoms with van der Waals surface area (Å²) >= 11 is 0. The fourth-order valence-electron chi connectivity index (χ4n) is 0.370. The zero-order valence-corrected chi connectivity index (χ0v) is 5.49. The van der Waals surface area contributed by atoms with Crippen molar-refractivity contribution in [3.63, 3.8) is 0 Å². The number of rotatable bonds is 0. The lowest BCUT2D eigenvalue weighted by Crippen LogP contribution is -2.39. The maximum Gasteiger partial charge on any atom is 0.200 e. The molecule has 0 fully saturated rings. The van der Waals surface area contributed by atoms with Gasteiger partial charge in [-0.05, 0) is 20.8 Å². The summed E-state index contributed by atoms with van der Waals surface area (Å²) in [4.78, 5) is 10.1. The third kappa shape index (κ3) is 5.53. The van der Waals surface area contributed by atoms with E-state index in [0.717, 1.165) is 0 Å². The topological polar surface area (TPSA) is 29.1 Å². The predicted octanol–water partition coefficient (Wildman–Crippen LogP) is 0.663. The summed E-state index contributed by atoms with van der Waals surface area (Å²) in [6.45, 7) is 5.62. The molecule has 3 heteroatoms. The van der Waals surface area contributed by atoms with Crippen LogP contribution >= 0.6 is 0 Å². The molecule has 0 heterocycles. The first-order chi connectivity index (χ1) is 3.42. The summed E-state index contributed by atoms with van der Waals surface area (Å²) in [5.41, 5.74) is -0.203. The molecule has 0 aliphatic heterocycles. The van der Waals surface area contributed by atoms with E-state index in [1.165, 1.54) is 0 Å². The Morgan fingerprint density at radius 1 is 1.50 bits per heavy atom. The number of hydrogen-bond acceptors (Lipinski definition) is 1. The minimum absolute atomic E-state index is 0.203. The van der Waals surface area contributed by atoms with Crippen LogP contribution in [-0.4, -0.2) is 19.2 Å². The van der Waals surface area contributed by atoms with E-state index < -0.39 is 5.81 Å². The summed E-state index contributed by atoms with van der Waals surface area (Å²) in [5.74, 6) is -0.475. The van der Waals surface area contributed by atoms with Crippen LogP contribution < -0.4 is 5.32 Å². The van der Waals surface area contributed by atoms with Crippen molar-refractivity contribution in [2.24, 2.45) is 0 Å². The molecular formula is C5H10BNO. The molecule has 1 N–H and O–H groups in total. The molecule has 0 saturated carbocycles. The average molecular weight is 111 g/mol. The summed E-state index contributed by atoms with van der Waals surface area (Å²) in [7, 11) is 4.83. The van der Waals surface area contributed by atoms with E-state index in [2.05, 4.69) is 5.32 Å². The molecule has 44 valence electrons. The van der Waals surface area contributed by atoms with Crippen molar-refractivity contribution in [1.82, 2.24) is 5.32 Å². The molecule has 0 aromatic carbocycles. The van der Waals surface area contributed by atoms with Crippen molar-refractivity contribution in [3.8, 4) is 0 Å². The second-order valence-electron chi connectivity index (χ2n) is 2.74. The van der Waals surface area contributed by atoms with Crippen LogP contribution in [0.15, 0.2) is 0 Å². The molecule has 0 unspecified atom stereocenters. The first-order valence-corrected chi connectivity index (χ1v) is 2.49. The van der Waals surface area contributed by atoms with E-state index in [-0.39, 0.29) is 5.54 Å². The van der Waals surface area contributed by atoms with Gasteiger partial charge in [0.25, 0.3) is 0 Å². The molecule has 2 radical (unpaired) electrons. The zero-order chi connectivity index (χ0) is 6.78. The number of carbonyl (C=O) groups excluding carboxylic acids is 1. The van der Waals surface area contributed by atoms with E-state index >= 15 is 0 Å². The van der Waals surface area contributed by atoms with Crippen molar-refractivity contribution in [1.29, 1.82) is 0 Å². The van der Waals surface area contributed by atoms with Crippen LogP contribution in [0.1, 0.15) is 20.8 Å². The van der Waals surface area contributed by atoms with Crippen molar-refractivity contribution in [2.75, 3.05) is 0 Å². The van der Waals surface area contributed by atoms with Gasteiger partial charge in [0, 0.05) is 5.54 Å². The van der Waals surface area contributed by atoms with Crippen LogP contribution in [0, 0.1) is 0 Å². The lowest BCUT2D eigenvalue weighted by molar-refractivity contribution is 0.252. The Hall–Kier alpha value is -0.465. The minimum Gasteiger partial charge on any atom is -0.361 e. The monoisotopic (exact) mass is 111 g/mol. The predicted molar refractivity (Wildman–Crippen MR) is 34.0 cm³/mol. The molecule has 0 aliphatic rings. The largest absolute Gasteiger partial charge is 0.361 e. The maximum atomic E-state index is 10.1. The Balaban J connectivity index is 3.55. The van der Waals surface area contributed by atoms with E-state index in [0.29, 0.717) is 0 Å². The van der Waals surface area contributed by atoms with E-state index in [1.54, 1.807) is 0 Å². The van der Waals surface area contributed by atoms with Gasteiger partial charge in [-0.3, -0.25) is 4.79 Å². The van der Waals surface area contributed by atoms with Crippen molar-refractivity contribution in [2.45, 2.75) is 26.3 Å². The quantitative estimate of drug-likeness (QED) is 0.457. The van der Waals surface area contributed by atoms with Gasteiger partial charge < -0.3 is 5.32 Å². The van der Waals surface area contributed by atoms with Gasteiger partial charge in [0.1, 0.15) is 0 Å². The molecule has 0 aromatic heterocycles. The molecule has 0 spiro atoms. The fourth-order valence-corrected chi connectivity index (χ4v) is 0.370. The second-order valence-corrected chi connectivity index (χ2v) is 2.74. The second kappa shape index (κ2) is 2.20. The normalized spacial score (nSPS) is 10.9. The Morgan fingerprint density at radius 2 is 1.88 bits per heavy atom. The highest BCUT2D eigenvalue weighted by atomic mass is 16.1. The molecule has 0 rings (SSSR count). The minimum atomic E-state index is -0.475. The maximum absolute atomic E-state index is 10.1. The molecule has 0 aromatic rings. The van der Waals surface area contributed by atoms with Crippen LogP contribution in [0.3, 0.4) is 0 Å². The van der Waals surface area contributed by atoms with Crippen LogP contribution in [0.25, 0.3) is 0 Å². The Morgan fingerprint density at radius 3 is 1.88 bits per heavy atom. The van der Waals surface area contributed by atoms with Gasteiger partial charge in [-0.25, -0.2) is 0 Å². The Labute approximate surface area is 51.1 Å². The number of carbonyl (C=O) groups is 1. The van der Waals surface area contributed by atoms with Gasteiger partial charge in [0.05, 0.1) is 0 Å². The first kappa shape index (κ1) is 7.53. The smallest absolute Gasteiger partial charge is 0.200 e. The SMILES string of the molecule is [B]C(=O)NC(C)(C)C. The molecule has 0 aliphatic carbocycles. The van der Waals surface area contributed by atoms with E-state index in [9.17, 15) is 4.79 Å². The first-order valence-electron chi connectivity index (χ1n) is 2.49. The summed E-state index contributed by atoms with van der Waals surface area (Å²) in [6.07, 6.45) is 0. The van der Waals surface area contributed by atoms with Crippen LogP contribution in [-0.2, 0) is 0 Å². The van der Waals surface area contributed by atoms with Crippen LogP contribution in [0.4, 0.5) is 4.79 Å². The van der Waals surface area contributed by atoms with Crippen molar-refractivity contribution < 1.29 is 4.79 Å². The molecule has 8 heavy (non-hydrogen) atoms. The highest BCUT2D eigenvalue weighted by molar-refractivity contribution is 6.57. The molecule has 2 nitrogen and oxygen atoms in total. The van der Waals surface area contributed by atoms with Crippen molar-refractivity contribution >= 4 is 13.7 Å². The third-order valence-electron chi connectivity index (χ3n) is 0.498. The highest BCUT2D eigenvalue weighted by Crippen LogP contribution is 1.96. The van der Waals surface area contributed by atoms with Crippen molar-refractivity contribution in [3.05, 3.63) is 0 Å². The van der Waals surface area contributed by atoms with Gasteiger partial charge in [0.2, 0.25) is 7.85 Å². The lowest BCUT2D eigenvalue weighted by Gasteiger charge is -2.18. The molecule has 0 atom stereocenters. The van der Waals surface area contributed by atoms with Gasteiger partial charge in [-0.1, -0.05) is 0 Å². The summed E-state index contributed by atoms with van der Waals surface area (Å²) in [6, 6.07) is 0. The highest BCUT2D eigenvalue weighted by Gasteiger charge is 2.08. The zero-order valence-electron chi connectivity index (χ0n) is 5.49. The third-order valence-corrected chi connectivity index (χ3v) is 0.498. The molecule has 0 saturated heterocycles. The average Bonchev–Trinajstić information content (AvgIpc) is 1.21. The van der Waals surface area contributed by atoms with Crippen LogP contribution in [0.5, 0.6) is 0 Å². The molecule has 1 amide bonds. The fraction of sp³-hybridized carbons (Fsp3) is 0.800. The van der Waals surface area contributed by atoms with E-state index in [4.69, 9.17) is 7.85 Å². The van der Waals surface area contributed by atoms with Crippen LogP contribution in [0.2, 0.25) is 0 Å². The van der Waals surface area contributed by atoms with Gasteiger partial charge >= 0.3 is 0 Å². The molecule has 0 bridgehead atoms. The lowest BCUT2D eigenvalue weighted by atomic mass is 10.0. The Bertz CT molecular complexity index is 95.1. The number of hydrogen-bond donors (Lipinski definition) is 1. The van der Waals surface area contributed by atoms with Gasteiger partial charge in [-0.15, -0.1) is 0 Å². The number of amides is 1. The van der Waals surface area contributed by atoms with Gasteiger partial charge in [0.15, 0.2) is 5.81 Å².